The lowest BCUT2D eigenvalue weighted by atomic mass is 9.77. The number of carboxylic acid groups (broad SMARTS) is 1. The number of hydrogen-bond acceptors (Lipinski definition) is 4. The molecule has 240 valence electrons. The van der Waals surface area contributed by atoms with E-state index in [-0.39, 0.29) is 69.2 Å². The summed E-state index contributed by atoms with van der Waals surface area (Å²) >= 11 is 0. The molecule has 2 aliphatic heterocycles. The van der Waals surface area contributed by atoms with Crippen LogP contribution in [0.4, 0.5) is 44.7 Å². The van der Waals surface area contributed by atoms with E-state index in [9.17, 15) is 58.2 Å². The number of piperazine rings is 1. The Bertz CT molecular complexity index is 1560. The third-order valence-electron chi connectivity index (χ3n) is 8.74. The predicted molar refractivity (Wildman–Crippen MR) is 137 cm³/mol. The van der Waals surface area contributed by atoms with Crippen molar-refractivity contribution in [1.82, 2.24) is 14.7 Å². The summed E-state index contributed by atoms with van der Waals surface area (Å²) in [6, 6.07) is 3.29. The minimum atomic E-state index is -6.38. The molecule has 3 amide bonds. The van der Waals surface area contributed by atoms with Crippen LogP contribution in [-0.4, -0.2) is 91.5 Å². The molecule has 0 radical (unpaired) electrons. The molecule has 0 bridgehead atoms. The number of nitrogens with zero attached hydrogens (tertiary/aromatic N) is 3. The monoisotopic (exact) mass is 655 g/mol. The largest absolute Gasteiger partial charge is 0.465 e. The SMILES string of the molecule is O=C(O)N1CCN(C(=O)N2CC[C@@]3(S(=O)(=O)c4ccc(F)cc4)c4ccc(C(F)(C(F)(F)F)C(F)(F)F)cc4CC[C@@H]23)CC1. The highest BCUT2D eigenvalue weighted by molar-refractivity contribution is 7.92. The first-order chi connectivity index (χ1) is 20.4. The number of carbonyl (C=O) groups is 2. The summed E-state index contributed by atoms with van der Waals surface area (Å²) in [5, 5.41) is 9.20. The Morgan fingerprint density at radius 3 is 1.95 bits per heavy atom. The van der Waals surface area contributed by atoms with E-state index in [1.54, 1.807) is 0 Å². The Balaban J connectivity index is 1.62. The maximum absolute atomic E-state index is 15.0. The van der Waals surface area contributed by atoms with E-state index in [2.05, 4.69) is 0 Å². The smallest absolute Gasteiger partial charge is 0.435 e. The summed E-state index contributed by atoms with van der Waals surface area (Å²) in [5.74, 6) is -0.769. The molecule has 44 heavy (non-hydrogen) atoms. The number of sulfone groups is 1. The van der Waals surface area contributed by atoms with Crippen LogP contribution in [0.25, 0.3) is 0 Å². The van der Waals surface area contributed by atoms with Gasteiger partial charge in [0.1, 0.15) is 10.6 Å². The fourth-order valence-corrected chi connectivity index (χ4v) is 8.92. The highest BCUT2D eigenvalue weighted by atomic mass is 32.2. The molecule has 2 aromatic carbocycles. The van der Waals surface area contributed by atoms with Gasteiger partial charge in [-0.25, -0.2) is 26.8 Å². The molecule has 1 N–H and O–H groups in total. The number of halogens is 8. The van der Waals surface area contributed by atoms with E-state index in [1.165, 1.54) is 9.80 Å². The second kappa shape index (κ2) is 10.5. The van der Waals surface area contributed by atoms with E-state index in [1.807, 2.05) is 0 Å². The van der Waals surface area contributed by atoms with Crippen molar-refractivity contribution < 1.29 is 58.2 Å². The summed E-state index contributed by atoms with van der Waals surface area (Å²) in [5.41, 5.74) is -7.93. The number of alkyl halides is 7. The van der Waals surface area contributed by atoms with Crippen molar-refractivity contribution in [3.8, 4) is 0 Å². The van der Waals surface area contributed by atoms with Crippen molar-refractivity contribution in [3.63, 3.8) is 0 Å². The average molecular weight is 656 g/mol. The van der Waals surface area contributed by atoms with Gasteiger partial charge in [-0.1, -0.05) is 18.2 Å². The molecule has 5 rings (SSSR count). The van der Waals surface area contributed by atoms with Gasteiger partial charge in [-0.05, 0) is 54.7 Å². The van der Waals surface area contributed by atoms with Gasteiger partial charge in [0.25, 0.3) is 0 Å². The van der Waals surface area contributed by atoms with Crippen molar-refractivity contribution in [2.75, 3.05) is 32.7 Å². The molecule has 17 heteroatoms. The van der Waals surface area contributed by atoms with Gasteiger partial charge in [0.05, 0.1) is 10.9 Å². The number of rotatable bonds is 3. The second-order valence-electron chi connectivity index (χ2n) is 10.9. The average Bonchev–Trinajstić information content (AvgIpc) is 3.37. The van der Waals surface area contributed by atoms with E-state index >= 15 is 0 Å². The number of carbonyl (C=O) groups excluding carboxylic acids is 1. The first kappa shape index (κ1) is 31.8. The topological polar surface area (TPSA) is 98.2 Å². The van der Waals surface area contributed by atoms with Crippen LogP contribution in [0.5, 0.6) is 0 Å². The Kier molecular flexibility index (Phi) is 7.57. The molecular formula is C27H25F8N3O5S. The van der Waals surface area contributed by atoms with Crippen LogP contribution in [0, 0.1) is 5.82 Å². The van der Waals surface area contributed by atoms with Crippen LogP contribution >= 0.6 is 0 Å². The Morgan fingerprint density at radius 2 is 1.41 bits per heavy atom. The number of urea groups is 1. The molecule has 0 unspecified atom stereocenters. The molecule has 2 aromatic rings. The number of fused-ring (bicyclic) bond motifs is 3. The lowest BCUT2D eigenvalue weighted by Gasteiger charge is -2.44. The molecule has 3 aliphatic rings. The van der Waals surface area contributed by atoms with Gasteiger partial charge < -0.3 is 19.8 Å². The second-order valence-corrected chi connectivity index (χ2v) is 13.1. The lowest BCUT2D eigenvalue weighted by molar-refractivity contribution is -0.348. The Labute approximate surface area is 245 Å². The van der Waals surface area contributed by atoms with E-state index < -0.39 is 67.0 Å². The van der Waals surface area contributed by atoms with Gasteiger partial charge in [0, 0.05) is 38.3 Å². The van der Waals surface area contributed by atoms with Gasteiger partial charge in [-0.15, -0.1) is 0 Å². The summed E-state index contributed by atoms with van der Waals surface area (Å²) in [4.78, 5) is 28.2. The quantitative estimate of drug-likeness (QED) is 0.362. The van der Waals surface area contributed by atoms with Crippen LogP contribution < -0.4 is 0 Å². The van der Waals surface area contributed by atoms with Crippen molar-refractivity contribution in [2.24, 2.45) is 0 Å². The number of amides is 3. The van der Waals surface area contributed by atoms with Gasteiger partial charge in [-0.3, -0.25) is 0 Å². The zero-order valence-electron chi connectivity index (χ0n) is 22.6. The lowest BCUT2D eigenvalue weighted by Crippen LogP contribution is -2.58. The standard InChI is InChI=1S/C27H25F8N3O5S/c28-18-3-5-19(6-4-18)44(42,43)24-9-10-38(22(39)36-11-13-37(14-12-36)23(40)41)21(24)8-1-16-15-17(2-7-20(16)24)25(29,26(30,31)32)27(33,34)35/h2-7,15,21H,1,8-14H2,(H,40,41)/t21-,24-/m1/s1. The molecule has 8 nitrogen and oxygen atoms in total. The number of likely N-dealkylation sites (tertiary alicyclic amines) is 1. The predicted octanol–water partition coefficient (Wildman–Crippen LogP) is 5.22. The van der Waals surface area contributed by atoms with E-state index in [4.69, 9.17) is 0 Å². The minimum Gasteiger partial charge on any atom is -0.465 e. The van der Waals surface area contributed by atoms with Crippen LogP contribution in [0.2, 0.25) is 0 Å². The maximum atomic E-state index is 15.0. The van der Waals surface area contributed by atoms with Crippen LogP contribution in [0.15, 0.2) is 47.4 Å². The number of benzene rings is 2. The van der Waals surface area contributed by atoms with Crippen LogP contribution in [-0.2, 0) is 26.7 Å². The van der Waals surface area contributed by atoms with Crippen molar-refractivity contribution >= 4 is 22.0 Å². The normalized spacial score (nSPS) is 22.9. The molecule has 2 heterocycles. The highest BCUT2D eigenvalue weighted by Crippen LogP contribution is 2.56. The molecule has 2 fully saturated rings. The van der Waals surface area contributed by atoms with Gasteiger partial charge in [0.2, 0.25) is 0 Å². The molecule has 0 spiro atoms. The van der Waals surface area contributed by atoms with Crippen LogP contribution in [0.3, 0.4) is 0 Å². The van der Waals surface area contributed by atoms with Crippen molar-refractivity contribution in [3.05, 3.63) is 65.0 Å². The summed E-state index contributed by atoms with van der Waals surface area (Å²) in [6.45, 7) is -0.192. The molecule has 0 saturated carbocycles. The molecular weight excluding hydrogens is 630 g/mol. The zero-order chi connectivity index (χ0) is 32.5. The summed E-state index contributed by atoms with van der Waals surface area (Å²) in [7, 11) is -4.62. The number of aryl methyl sites for hydroxylation is 1. The number of hydrogen-bond donors (Lipinski definition) is 1. The summed E-state index contributed by atoms with van der Waals surface area (Å²) in [6.07, 6.45) is -14.7. The third-order valence-corrected chi connectivity index (χ3v) is 11.3. The third kappa shape index (κ3) is 4.65. The van der Waals surface area contributed by atoms with Gasteiger partial charge >= 0.3 is 30.1 Å². The first-order valence-corrected chi connectivity index (χ1v) is 14.8. The molecule has 2 atom stereocenters. The highest BCUT2D eigenvalue weighted by Gasteiger charge is 2.74. The van der Waals surface area contributed by atoms with Gasteiger partial charge in [0.15, 0.2) is 9.84 Å². The van der Waals surface area contributed by atoms with E-state index in [0.717, 1.165) is 35.2 Å². The fraction of sp³-hybridized carbons (Fsp3) is 0.481. The Hall–Kier alpha value is -3.63. The summed E-state index contributed by atoms with van der Waals surface area (Å²) < 4.78 is 136. The zero-order valence-corrected chi connectivity index (χ0v) is 23.4. The van der Waals surface area contributed by atoms with Crippen molar-refractivity contribution in [1.29, 1.82) is 0 Å². The van der Waals surface area contributed by atoms with Crippen molar-refractivity contribution in [2.45, 2.75) is 53.0 Å². The molecule has 2 saturated heterocycles. The fourth-order valence-electron chi connectivity index (χ4n) is 6.55. The first-order valence-electron chi connectivity index (χ1n) is 13.4. The van der Waals surface area contributed by atoms with Gasteiger partial charge in [-0.2, -0.15) is 26.3 Å². The molecule has 0 aromatic heterocycles. The maximum Gasteiger partial charge on any atom is 0.435 e. The minimum absolute atomic E-state index is 0.000516. The molecule has 1 aliphatic carbocycles. The van der Waals surface area contributed by atoms with Crippen LogP contribution in [0.1, 0.15) is 29.5 Å². The van der Waals surface area contributed by atoms with E-state index in [0.29, 0.717) is 6.07 Å². The Morgan fingerprint density at radius 1 is 0.841 bits per heavy atom.